The van der Waals surface area contributed by atoms with Gasteiger partial charge in [-0.05, 0) is 41.1 Å². The van der Waals surface area contributed by atoms with Gasteiger partial charge in [0.2, 0.25) is 0 Å². The van der Waals surface area contributed by atoms with E-state index >= 15 is 0 Å². The first-order chi connectivity index (χ1) is 11.0. The number of nitrogens with zero attached hydrogens (tertiary/aromatic N) is 3. The third-order valence-electron chi connectivity index (χ3n) is 3.87. The highest BCUT2D eigenvalue weighted by molar-refractivity contribution is 9.10. The van der Waals surface area contributed by atoms with Gasteiger partial charge in [0.25, 0.3) is 5.91 Å². The SMILES string of the molecule is Cc1nc(CN2CCN(C(=O)c3ccc(F)cc3Br)CC2)cs1. The largest absolute Gasteiger partial charge is 0.336 e. The second-order valence-corrected chi connectivity index (χ2v) is 7.47. The van der Waals surface area contributed by atoms with Crippen LogP contribution in [-0.2, 0) is 6.54 Å². The highest BCUT2D eigenvalue weighted by Gasteiger charge is 2.24. The quantitative estimate of drug-likeness (QED) is 0.796. The molecule has 1 aliphatic rings. The van der Waals surface area contributed by atoms with Crippen LogP contribution in [0.15, 0.2) is 28.1 Å². The Kier molecular flexibility index (Phi) is 5.08. The molecule has 1 fully saturated rings. The van der Waals surface area contributed by atoms with Crippen molar-refractivity contribution < 1.29 is 9.18 Å². The molecule has 2 heterocycles. The third kappa shape index (κ3) is 3.97. The molecular weight excluding hydrogens is 381 g/mol. The number of aromatic nitrogens is 1. The Morgan fingerprint density at radius 2 is 2.09 bits per heavy atom. The maximum Gasteiger partial charge on any atom is 0.255 e. The Balaban J connectivity index is 1.59. The normalized spacial score (nSPS) is 15.9. The van der Waals surface area contributed by atoms with E-state index in [1.807, 2.05) is 11.8 Å². The molecule has 0 N–H and O–H groups in total. The van der Waals surface area contributed by atoms with Crippen LogP contribution in [0.5, 0.6) is 0 Å². The van der Waals surface area contributed by atoms with Crippen LogP contribution < -0.4 is 0 Å². The molecule has 1 aliphatic heterocycles. The van der Waals surface area contributed by atoms with E-state index in [1.165, 1.54) is 18.2 Å². The molecule has 0 spiro atoms. The topological polar surface area (TPSA) is 36.4 Å². The monoisotopic (exact) mass is 397 g/mol. The fourth-order valence-corrected chi connectivity index (χ4v) is 3.78. The molecule has 1 amide bonds. The van der Waals surface area contributed by atoms with Gasteiger partial charge in [0.05, 0.1) is 16.3 Å². The van der Waals surface area contributed by atoms with Crippen LogP contribution >= 0.6 is 27.3 Å². The number of amides is 1. The number of hydrogen-bond donors (Lipinski definition) is 0. The predicted molar refractivity (Wildman–Crippen MR) is 92.1 cm³/mol. The lowest BCUT2D eigenvalue weighted by molar-refractivity contribution is 0.0626. The number of thiazole rings is 1. The van der Waals surface area contributed by atoms with Gasteiger partial charge in [-0.1, -0.05) is 0 Å². The number of rotatable bonds is 3. The van der Waals surface area contributed by atoms with E-state index in [9.17, 15) is 9.18 Å². The number of carbonyl (C=O) groups is 1. The Morgan fingerprint density at radius 3 is 2.70 bits per heavy atom. The first kappa shape index (κ1) is 16.5. The molecule has 0 atom stereocenters. The van der Waals surface area contributed by atoms with E-state index in [2.05, 4.69) is 31.2 Å². The maximum atomic E-state index is 13.1. The fraction of sp³-hybridized carbons (Fsp3) is 0.375. The highest BCUT2D eigenvalue weighted by Crippen LogP contribution is 2.21. The van der Waals surface area contributed by atoms with Gasteiger partial charge in [-0.3, -0.25) is 9.69 Å². The first-order valence-corrected chi connectivity index (χ1v) is 9.08. The summed E-state index contributed by atoms with van der Waals surface area (Å²) >= 11 is 4.93. The number of benzene rings is 1. The van der Waals surface area contributed by atoms with Crippen LogP contribution in [0.1, 0.15) is 21.1 Å². The van der Waals surface area contributed by atoms with Gasteiger partial charge in [-0.15, -0.1) is 11.3 Å². The predicted octanol–water partition coefficient (Wildman–Crippen LogP) is 3.31. The van der Waals surface area contributed by atoms with E-state index in [1.54, 1.807) is 11.3 Å². The number of aryl methyl sites for hydroxylation is 1. The molecule has 4 nitrogen and oxygen atoms in total. The number of halogens is 2. The lowest BCUT2D eigenvalue weighted by Gasteiger charge is -2.34. The van der Waals surface area contributed by atoms with Crippen molar-refractivity contribution in [2.24, 2.45) is 0 Å². The molecule has 122 valence electrons. The molecule has 0 aliphatic carbocycles. The maximum absolute atomic E-state index is 13.1. The van der Waals surface area contributed by atoms with Gasteiger partial charge in [0.1, 0.15) is 5.82 Å². The molecule has 0 bridgehead atoms. The van der Waals surface area contributed by atoms with Gasteiger partial charge in [-0.2, -0.15) is 0 Å². The summed E-state index contributed by atoms with van der Waals surface area (Å²) in [5.41, 5.74) is 1.60. The first-order valence-electron chi connectivity index (χ1n) is 7.40. The summed E-state index contributed by atoms with van der Waals surface area (Å²) in [5.74, 6) is -0.405. The number of hydrogen-bond acceptors (Lipinski definition) is 4. The minimum atomic E-state index is -0.350. The second-order valence-electron chi connectivity index (χ2n) is 5.55. The highest BCUT2D eigenvalue weighted by atomic mass is 79.9. The smallest absolute Gasteiger partial charge is 0.255 e. The van der Waals surface area contributed by atoms with Crippen molar-refractivity contribution in [2.45, 2.75) is 13.5 Å². The van der Waals surface area contributed by atoms with Gasteiger partial charge in [0.15, 0.2) is 0 Å². The van der Waals surface area contributed by atoms with Gasteiger partial charge in [0, 0.05) is 42.6 Å². The molecule has 23 heavy (non-hydrogen) atoms. The summed E-state index contributed by atoms with van der Waals surface area (Å²) in [5, 5.41) is 3.16. The lowest BCUT2D eigenvalue weighted by Crippen LogP contribution is -2.48. The summed E-state index contributed by atoms with van der Waals surface area (Å²) in [6.45, 7) is 5.82. The molecule has 1 saturated heterocycles. The summed E-state index contributed by atoms with van der Waals surface area (Å²) in [7, 11) is 0. The zero-order valence-corrected chi connectivity index (χ0v) is 15.2. The van der Waals surface area contributed by atoms with Crippen LogP contribution in [0.2, 0.25) is 0 Å². The van der Waals surface area contributed by atoms with Gasteiger partial charge in [-0.25, -0.2) is 9.37 Å². The summed E-state index contributed by atoms with van der Waals surface area (Å²) in [4.78, 5) is 21.1. The Labute approximate surface area is 147 Å². The summed E-state index contributed by atoms with van der Waals surface area (Å²) in [6, 6.07) is 4.18. The van der Waals surface area contributed by atoms with Crippen molar-refractivity contribution in [3.8, 4) is 0 Å². The molecule has 1 aromatic carbocycles. The van der Waals surface area contributed by atoms with Crippen LogP contribution in [0.3, 0.4) is 0 Å². The van der Waals surface area contributed by atoms with Crippen molar-refractivity contribution >= 4 is 33.2 Å². The van der Waals surface area contributed by atoms with Crippen LogP contribution in [-0.4, -0.2) is 46.9 Å². The van der Waals surface area contributed by atoms with E-state index < -0.39 is 0 Å². The van der Waals surface area contributed by atoms with Gasteiger partial charge >= 0.3 is 0 Å². The fourth-order valence-electron chi connectivity index (χ4n) is 2.65. The van der Waals surface area contributed by atoms with E-state index in [0.717, 1.165) is 30.3 Å². The van der Waals surface area contributed by atoms with Crippen molar-refractivity contribution in [3.63, 3.8) is 0 Å². The van der Waals surface area contributed by atoms with E-state index in [-0.39, 0.29) is 11.7 Å². The van der Waals surface area contributed by atoms with Crippen molar-refractivity contribution in [1.82, 2.24) is 14.8 Å². The average molecular weight is 398 g/mol. The molecule has 0 unspecified atom stereocenters. The van der Waals surface area contributed by atoms with Crippen LogP contribution in [0.4, 0.5) is 4.39 Å². The Hall–Kier alpha value is -1.31. The minimum Gasteiger partial charge on any atom is -0.336 e. The minimum absolute atomic E-state index is 0.0546. The molecule has 3 rings (SSSR count). The Morgan fingerprint density at radius 1 is 1.35 bits per heavy atom. The third-order valence-corrected chi connectivity index (χ3v) is 5.35. The second kappa shape index (κ2) is 7.07. The molecule has 0 saturated carbocycles. The zero-order chi connectivity index (χ0) is 16.4. The zero-order valence-electron chi connectivity index (χ0n) is 12.8. The molecule has 7 heteroatoms. The van der Waals surface area contributed by atoms with Crippen LogP contribution in [0.25, 0.3) is 0 Å². The number of piperazine rings is 1. The summed E-state index contributed by atoms with van der Waals surface area (Å²) < 4.78 is 13.6. The van der Waals surface area contributed by atoms with Gasteiger partial charge < -0.3 is 4.90 Å². The summed E-state index contributed by atoms with van der Waals surface area (Å²) in [6.07, 6.45) is 0. The number of carbonyl (C=O) groups excluding carboxylic acids is 1. The van der Waals surface area contributed by atoms with Crippen molar-refractivity contribution in [3.05, 3.63) is 50.1 Å². The molecule has 1 aromatic heterocycles. The standard InChI is InChI=1S/C16H17BrFN3OS/c1-11-19-13(10-23-11)9-20-4-6-21(7-5-20)16(22)14-3-2-12(18)8-15(14)17/h2-3,8,10H,4-7,9H2,1H3. The molecular formula is C16H17BrFN3OS. The van der Waals surface area contributed by atoms with Crippen LogP contribution in [0, 0.1) is 12.7 Å². The lowest BCUT2D eigenvalue weighted by atomic mass is 10.1. The molecule has 2 aromatic rings. The van der Waals surface area contributed by atoms with Crippen molar-refractivity contribution in [1.29, 1.82) is 0 Å². The van der Waals surface area contributed by atoms with Crippen molar-refractivity contribution in [2.75, 3.05) is 26.2 Å². The van der Waals surface area contributed by atoms with E-state index in [4.69, 9.17) is 0 Å². The van der Waals surface area contributed by atoms with E-state index in [0.29, 0.717) is 23.1 Å². The average Bonchev–Trinajstić information content (AvgIpc) is 2.92. The Bertz CT molecular complexity index is 713. The molecule has 0 radical (unpaired) electrons.